The van der Waals surface area contributed by atoms with E-state index < -0.39 is 0 Å². The second-order valence-corrected chi connectivity index (χ2v) is 8.36. The Morgan fingerprint density at radius 3 is 2.27 bits per heavy atom. The van der Waals surface area contributed by atoms with Gasteiger partial charge in [0, 0.05) is 38.3 Å². The summed E-state index contributed by atoms with van der Waals surface area (Å²) in [6, 6.07) is 1.53. The third-order valence-corrected chi connectivity index (χ3v) is 6.23. The molecular weight excluding hydrogens is 270 g/mol. The van der Waals surface area contributed by atoms with Gasteiger partial charge in [-0.1, -0.05) is 20.8 Å². The predicted molar refractivity (Wildman–Crippen MR) is 96.4 cm³/mol. The summed E-state index contributed by atoms with van der Waals surface area (Å²) in [6.07, 6.45) is 5.46. The summed E-state index contributed by atoms with van der Waals surface area (Å²) in [4.78, 5) is 8.07. The second-order valence-electron chi connectivity index (χ2n) is 8.36. The topological polar surface area (TPSA) is 9.72 Å². The Labute approximate surface area is 139 Å². The molecule has 2 saturated heterocycles. The minimum Gasteiger partial charge on any atom is -0.301 e. The number of nitrogens with zero attached hydrogens (tertiary/aromatic N) is 3. The van der Waals surface area contributed by atoms with Crippen molar-refractivity contribution in [2.24, 2.45) is 5.41 Å². The SMILES string of the molecule is CCC(C)(C)[C@H]1CCCN1CCCN1CCN(C(C)C)CC1. The summed E-state index contributed by atoms with van der Waals surface area (Å²) < 4.78 is 0. The van der Waals surface area contributed by atoms with Crippen LogP contribution in [0.25, 0.3) is 0 Å². The summed E-state index contributed by atoms with van der Waals surface area (Å²) in [6.45, 7) is 20.9. The highest BCUT2D eigenvalue weighted by atomic mass is 15.3. The lowest BCUT2D eigenvalue weighted by Gasteiger charge is -2.39. The van der Waals surface area contributed by atoms with Crippen molar-refractivity contribution in [3.63, 3.8) is 0 Å². The first-order valence-corrected chi connectivity index (χ1v) is 9.64. The average Bonchev–Trinajstić information content (AvgIpc) is 2.97. The molecule has 0 aromatic heterocycles. The normalized spacial score (nSPS) is 26.2. The van der Waals surface area contributed by atoms with Crippen LogP contribution < -0.4 is 0 Å². The van der Waals surface area contributed by atoms with E-state index in [0.29, 0.717) is 11.5 Å². The molecule has 0 aromatic rings. The van der Waals surface area contributed by atoms with Gasteiger partial charge in [-0.3, -0.25) is 9.80 Å². The van der Waals surface area contributed by atoms with Crippen molar-refractivity contribution in [1.82, 2.24) is 14.7 Å². The van der Waals surface area contributed by atoms with Crippen LogP contribution in [0.15, 0.2) is 0 Å². The van der Waals surface area contributed by atoms with E-state index in [-0.39, 0.29) is 0 Å². The molecule has 130 valence electrons. The molecule has 2 aliphatic rings. The van der Waals surface area contributed by atoms with Crippen LogP contribution in [0.4, 0.5) is 0 Å². The fourth-order valence-corrected chi connectivity index (χ4v) is 4.22. The smallest absolute Gasteiger partial charge is 0.0147 e. The Balaban J connectivity index is 1.68. The van der Waals surface area contributed by atoms with E-state index in [4.69, 9.17) is 0 Å². The van der Waals surface area contributed by atoms with Crippen LogP contribution in [0.5, 0.6) is 0 Å². The molecule has 2 aliphatic heterocycles. The van der Waals surface area contributed by atoms with Crippen molar-refractivity contribution in [3.05, 3.63) is 0 Å². The lowest BCUT2D eigenvalue weighted by atomic mass is 9.80. The Kier molecular flexibility index (Phi) is 6.73. The molecule has 0 amide bonds. The molecule has 1 atom stereocenters. The second kappa shape index (κ2) is 8.12. The summed E-state index contributed by atoms with van der Waals surface area (Å²) in [5.41, 5.74) is 0.486. The van der Waals surface area contributed by atoms with Crippen LogP contribution in [0.2, 0.25) is 0 Å². The van der Waals surface area contributed by atoms with Gasteiger partial charge >= 0.3 is 0 Å². The maximum atomic E-state index is 2.79. The van der Waals surface area contributed by atoms with E-state index >= 15 is 0 Å². The van der Waals surface area contributed by atoms with Gasteiger partial charge in [0.15, 0.2) is 0 Å². The highest BCUT2D eigenvalue weighted by molar-refractivity contribution is 4.90. The average molecular weight is 310 g/mol. The van der Waals surface area contributed by atoms with Crippen molar-refractivity contribution in [1.29, 1.82) is 0 Å². The Morgan fingerprint density at radius 1 is 1.00 bits per heavy atom. The number of likely N-dealkylation sites (tertiary alicyclic amines) is 1. The molecule has 22 heavy (non-hydrogen) atoms. The summed E-state index contributed by atoms with van der Waals surface area (Å²) in [5.74, 6) is 0. The van der Waals surface area contributed by atoms with E-state index in [1.165, 1.54) is 71.5 Å². The molecule has 0 aliphatic carbocycles. The molecule has 3 nitrogen and oxygen atoms in total. The molecule has 0 aromatic carbocycles. The lowest BCUT2D eigenvalue weighted by Crippen LogP contribution is -2.49. The quantitative estimate of drug-likeness (QED) is 0.714. The van der Waals surface area contributed by atoms with Crippen molar-refractivity contribution in [2.45, 2.75) is 72.4 Å². The third-order valence-electron chi connectivity index (χ3n) is 6.23. The Bertz CT molecular complexity index is 319. The van der Waals surface area contributed by atoms with Crippen LogP contribution >= 0.6 is 0 Å². The zero-order chi connectivity index (χ0) is 16.2. The Hall–Kier alpha value is -0.120. The molecule has 0 unspecified atom stereocenters. The van der Waals surface area contributed by atoms with Gasteiger partial charge in [0.2, 0.25) is 0 Å². The predicted octanol–water partition coefficient (Wildman–Crippen LogP) is 3.30. The van der Waals surface area contributed by atoms with Crippen LogP contribution in [-0.2, 0) is 0 Å². The maximum Gasteiger partial charge on any atom is 0.0147 e. The number of rotatable bonds is 7. The molecule has 3 heteroatoms. The fourth-order valence-electron chi connectivity index (χ4n) is 4.22. The fraction of sp³-hybridized carbons (Fsp3) is 1.00. The van der Waals surface area contributed by atoms with Gasteiger partial charge < -0.3 is 4.90 Å². The van der Waals surface area contributed by atoms with Crippen molar-refractivity contribution < 1.29 is 0 Å². The zero-order valence-electron chi connectivity index (χ0n) is 15.8. The minimum atomic E-state index is 0.486. The summed E-state index contributed by atoms with van der Waals surface area (Å²) in [5, 5.41) is 0. The van der Waals surface area contributed by atoms with E-state index in [1.807, 2.05) is 0 Å². The van der Waals surface area contributed by atoms with E-state index in [0.717, 1.165) is 6.04 Å². The minimum absolute atomic E-state index is 0.486. The van der Waals surface area contributed by atoms with Crippen LogP contribution in [0, 0.1) is 5.41 Å². The maximum absolute atomic E-state index is 2.79. The third kappa shape index (κ3) is 4.69. The van der Waals surface area contributed by atoms with Crippen LogP contribution in [-0.4, -0.2) is 72.6 Å². The molecule has 0 spiro atoms. The van der Waals surface area contributed by atoms with Crippen LogP contribution in [0.1, 0.15) is 60.3 Å². The molecule has 0 saturated carbocycles. The molecule has 0 radical (unpaired) electrons. The number of piperazine rings is 1. The highest BCUT2D eigenvalue weighted by Gasteiger charge is 2.35. The van der Waals surface area contributed by atoms with E-state index in [1.54, 1.807) is 0 Å². The first-order valence-electron chi connectivity index (χ1n) is 9.64. The van der Waals surface area contributed by atoms with Gasteiger partial charge in [0.1, 0.15) is 0 Å². The molecule has 0 N–H and O–H groups in total. The van der Waals surface area contributed by atoms with Crippen molar-refractivity contribution in [3.8, 4) is 0 Å². The van der Waals surface area contributed by atoms with Gasteiger partial charge in [-0.25, -0.2) is 0 Å². The van der Waals surface area contributed by atoms with E-state index in [2.05, 4.69) is 49.3 Å². The number of hydrogen-bond donors (Lipinski definition) is 0. The molecule has 2 rings (SSSR count). The standard InChI is InChI=1S/C19H39N3/c1-6-19(4,5)18-9-7-11-22(18)12-8-10-20-13-15-21(16-14-20)17(2)3/h17-18H,6-16H2,1-5H3/t18-/m1/s1. The summed E-state index contributed by atoms with van der Waals surface area (Å²) >= 11 is 0. The van der Waals surface area contributed by atoms with Crippen molar-refractivity contribution >= 4 is 0 Å². The zero-order valence-corrected chi connectivity index (χ0v) is 15.8. The molecular formula is C19H39N3. The molecule has 2 fully saturated rings. The first-order chi connectivity index (χ1) is 10.4. The van der Waals surface area contributed by atoms with Gasteiger partial charge in [0.05, 0.1) is 0 Å². The van der Waals surface area contributed by atoms with E-state index in [9.17, 15) is 0 Å². The first kappa shape index (κ1) is 18.2. The monoisotopic (exact) mass is 309 g/mol. The summed E-state index contributed by atoms with van der Waals surface area (Å²) in [7, 11) is 0. The Morgan fingerprint density at radius 2 is 1.68 bits per heavy atom. The van der Waals surface area contributed by atoms with Gasteiger partial charge in [-0.05, 0) is 64.6 Å². The lowest BCUT2D eigenvalue weighted by molar-refractivity contribution is 0.0931. The van der Waals surface area contributed by atoms with Crippen molar-refractivity contribution in [2.75, 3.05) is 45.8 Å². The van der Waals surface area contributed by atoms with Gasteiger partial charge in [0.25, 0.3) is 0 Å². The van der Waals surface area contributed by atoms with Gasteiger partial charge in [-0.15, -0.1) is 0 Å². The highest BCUT2D eigenvalue weighted by Crippen LogP contribution is 2.35. The largest absolute Gasteiger partial charge is 0.301 e. The number of hydrogen-bond acceptors (Lipinski definition) is 3. The molecule has 2 heterocycles. The van der Waals surface area contributed by atoms with Gasteiger partial charge in [-0.2, -0.15) is 0 Å². The molecule has 0 bridgehead atoms. The van der Waals surface area contributed by atoms with Crippen LogP contribution in [0.3, 0.4) is 0 Å².